The maximum absolute atomic E-state index is 13.0. The van der Waals surface area contributed by atoms with Gasteiger partial charge in [-0.3, -0.25) is 0 Å². The standard InChI is InChI=1S/C16H25F2NO/c1-2-3-4-5-6-7-10-19-12-16(20)13-8-9-14(17)15(18)11-13/h8-9,11,16,19-20H,2-7,10,12H2,1H3. The fraction of sp³-hybridized carbons (Fsp3) is 0.625. The van der Waals surface area contributed by atoms with Crippen LogP contribution in [0.15, 0.2) is 18.2 Å². The number of hydrogen-bond acceptors (Lipinski definition) is 2. The van der Waals surface area contributed by atoms with Crippen LogP contribution in [0.25, 0.3) is 0 Å². The highest BCUT2D eigenvalue weighted by molar-refractivity contribution is 5.20. The van der Waals surface area contributed by atoms with E-state index in [9.17, 15) is 13.9 Å². The molecule has 4 heteroatoms. The van der Waals surface area contributed by atoms with Crippen molar-refractivity contribution in [2.75, 3.05) is 13.1 Å². The van der Waals surface area contributed by atoms with Crippen LogP contribution in [0.3, 0.4) is 0 Å². The summed E-state index contributed by atoms with van der Waals surface area (Å²) in [6.07, 6.45) is 6.55. The molecule has 0 saturated carbocycles. The van der Waals surface area contributed by atoms with E-state index in [-0.39, 0.29) is 0 Å². The van der Waals surface area contributed by atoms with Gasteiger partial charge in [0.15, 0.2) is 11.6 Å². The summed E-state index contributed by atoms with van der Waals surface area (Å²) in [5, 5.41) is 13.0. The lowest BCUT2D eigenvalue weighted by molar-refractivity contribution is 0.174. The van der Waals surface area contributed by atoms with Crippen LogP contribution in [0.2, 0.25) is 0 Å². The summed E-state index contributed by atoms with van der Waals surface area (Å²) in [6, 6.07) is 3.50. The van der Waals surface area contributed by atoms with Crippen molar-refractivity contribution in [1.82, 2.24) is 5.32 Å². The minimum absolute atomic E-state index is 0.361. The minimum Gasteiger partial charge on any atom is -0.387 e. The van der Waals surface area contributed by atoms with Crippen molar-refractivity contribution in [3.8, 4) is 0 Å². The number of benzene rings is 1. The van der Waals surface area contributed by atoms with Crippen molar-refractivity contribution in [2.45, 2.75) is 51.6 Å². The molecule has 114 valence electrons. The molecule has 1 aromatic carbocycles. The third-order valence-electron chi connectivity index (χ3n) is 3.37. The Labute approximate surface area is 120 Å². The van der Waals surface area contributed by atoms with Gasteiger partial charge in [-0.25, -0.2) is 8.78 Å². The summed E-state index contributed by atoms with van der Waals surface area (Å²) in [6.45, 7) is 3.40. The smallest absolute Gasteiger partial charge is 0.159 e. The van der Waals surface area contributed by atoms with Crippen LogP contribution in [0.1, 0.15) is 57.1 Å². The van der Waals surface area contributed by atoms with Crippen LogP contribution in [0.4, 0.5) is 8.78 Å². The molecule has 1 atom stereocenters. The fourth-order valence-electron chi connectivity index (χ4n) is 2.11. The van der Waals surface area contributed by atoms with Crippen molar-refractivity contribution >= 4 is 0 Å². The quantitative estimate of drug-likeness (QED) is 0.638. The molecule has 2 nitrogen and oxygen atoms in total. The summed E-state index contributed by atoms with van der Waals surface area (Å²) >= 11 is 0. The molecule has 0 aliphatic rings. The Kier molecular flexibility index (Phi) is 8.38. The van der Waals surface area contributed by atoms with E-state index >= 15 is 0 Å². The second-order valence-electron chi connectivity index (χ2n) is 5.16. The van der Waals surface area contributed by atoms with E-state index in [2.05, 4.69) is 12.2 Å². The van der Waals surface area contributed by atoms with E-state index in [1.165, 1.54) is 38.2 Å². The first-order chi connectivity index (χ1) is 9.65. The van der Waals surface area contributed by atoms with Gasteiger partial charge in [0.05, 0.1) is 6.10 Å². The Morgan fingerprint density at radius 1 is 1.05 bits per heavy atom. The van der Waals surface area contributed by atoms with Crippen LogP contribution < -0.4 is 5.32 Å². The second-order valence-corrected chi connectivity index (χ2v) is 5.16. The molecule has 0 amide bonds. The fourth-order valence-corrected chi connectivity index (χ4v) is 2.11. The SMILES string of the molecule is CCCCCCCCNCC(O)c1ccc(F)c(F)c1. The van der Waals surface area contributed by atoms with Crippen LogP contribution >= 0.6 is 0 Å². The summed E-state index contributed by atoms with van der Waals surface area (Å²) < 4.78 is 25.8. The Morgan fingerprint density at radius 3 is 2.45 bits per heavy atom. The normalized spacial score (nSPS) is 12.6. The van der Waals surface area contributed by atoms with E-state index in [1.807, 2.05) is 0 Å². The molecule has 0 aromatic heterocycles. The lowest BCUT2D eigenvalue weighted by Crippen LogP contribution is -2.22. The molecule has 0 bridgehead atoms. The minimum atomic E-state index is -0.919. The lowest BCUT2D eigenvalue weighted by Gasteiger charge is -2.12. The molecule has 0 heterocycles. The number of aliphatic hydroxyl groups is 1. The van der Waals surface area contributed by atoms with Gasteiger partial charge in [-0.05, 0) is 30.7 Å². The second kappa shape index (κ2) is 9.83. The first kappa shape index (κ1) is 17.1. The summed E-state index contributed by atoms with van der Waals surface area (Å²) in [4.78, 5) is 0. The Hall–Kier alpha value is -1.00. The van der Waals surface area contributed by atoms with Gasteiger partial charge in [0.25, 0.3) is 0 Å². The zero-order valence-corrected chi connectivity index (χ0v) is 12.2. The number of hydrogen-bond donors (Lipinski definition) is 2. The van der Waals surface area contributed by atoms with E-state index < -0.39 is 17.7 Å². The maximum atomic E-state index is 13.0. The molecule has 0 aliphatic heterocycles. The van der Waals surface area contributed by atoms with Crippen molar-refractivity contribution < 1.29 is 13.9 Å². The van der Waals surface area contributed by atoms with Gasteiger partial charge in [0.1, 0.15) is 0 Å². The van der Waals surface area contributed by atoms with Gasteiger partial charge in [0.2, 0.25) is 0 Å². The number of unbranched alkanes of at least 4 members (excludes halogenated alkanes) is 5. The van der Waals surface area contributed by atoms with Gasteiger partial charge in [-0.15, -0.1) is 0 Å². The van der Waals surface area contributed by atoms with Crippen LogP contribution in [0.5, 0.6) is 0 Å². The molecule has 1 aromatic rings. The van der Waals surface area contributed by atoms with Crippen LogP contribution in [-0.4, -0.2) is 18.2 Å². The van der Waals surface area contributed by atoms with Gasteiger partial charge < -0.3 is 10.4 Å². The Bertz CT molecular complexity index is 385. The molecule has 1 rings (SSSR count). The highest BCUT2D eigenvalue weighted by atomic mass is 19.2. The topological polar surface area (TPSA) is 32.3 Å². The Balaban J connectivity index is 2.13. The van der Waals surface area contributed by atoms with E-state index in [4.69, 9.17) is 0 Å². The number of halogens is 2. The summed E-state index contributed by atoms with van der Waals surface area (Å²) in [5.74, 6) is -1.81. The summed E-state index contributed by atoms with van der Waals surface area (Å²) in [7, 11) is 0. The van der Waals surface area contributed by atoms with Gasteiger partial charge >= 0.3 is 0 Å². The van der Waals surface area contributed by atoms with Crippen molar-refractivity contribution in [2.24, 2.45) is 0 Å². The van der Waals surface area contributed by atoms with Gasteiger partial charge in [-0.2, -0.15) is 0 Å². The molecule has 0 spiro atoms. The summed E-state index contributed by atoms with van der Waals surface area (Å²) in [5.41, 5.74) is 0.402. The highest BCUT2D eigenvalue weighted by Gasteiger charge is 2.10. The number of aliphatic hydroxyl groups excluding tert-OH is 1. The first-order valence-electron chi connectivity index (χ1n) is 7.49. The average molecular weight is 285 g/mol. The van der Waals surface area contributed by atoms with Gasteiger partial charge in [-0.1, -0.05) is 45.1 Å². The van der Waals surface area contributed by atoms with Crippen LogP contribution in [0, 0.1) is 11.6 Å². The molecule has 0 radical (unpaired) electrons. The van der Waals surface area contributed by atoms with E-state index in [0.29, 0.717) is 12.1 Å². The Morgan fingerprint density at radius 2 is 1.75 bits per heavy atom. The molecular weight excluding hydrogens is 260 g/mol. The van der Waals surface area contributed by atoms with E-state index in [1.54, 1.807) is 0 Å². The average Bonchev–Trinajstić information content (AvgIpc) is 2.44. The monoisotopic (exact) mass is 285 g/mol. The molecule has 0 fully saturated rings. The zero-order valence-electron chi connectivity index (χ0n) is 12.2. The van der Waals surface area contributed by atoms with Gasteiger partial charge in [0, 0.05) is 6.54 Å². The third-order valence-corrected chi connectivity index (χ3v) is 3.37. The third kappa shape index (κ3) is 6.44. The maximum Gasteiger partial charge on any atom is 0.159 e. The first-order valence-corrected chi connectivity index (χ1v) is 7.49. The van der Waals surface area contributed by atoms with E-state index in [0.717, 1.165) is 25.1 Å². The predicted octanol–water partition coefficient (Wildman–Crippen LogP) is 3.95. The number of rotatable bonds is 10. The largest absolute Gasteiger partial charge is 0.387 e. The highest BCUT2D eigenvalue weighted by Crippen LogP contribution is 2.15. The predicted molar refractivity (Wildman–Crippen MR) is 77.6 cm³/mol. The molecule has 20 heavy (non-hydrogen) atoms. The zero-order chi connectivity index (χ0) is 14.8. The molecule has 1 unspecified atom stereocenters. The van der Waals surface area contributed by atoms with Crippen LogP contribution in [-0.2, 0) is 0 Å². The molecule has 0 saturated heterocycles. The number of nitrogens with one attached hydrogen (secondary N) is 1. The van der Waals surface area contributed by atoms with Crippen molar-refractivity contribution in [3.63, 3.8) is 0 Å². The van der Waals surface area contributed by atoms with Crippen molar-refractivity contribution in [3.05, 3.63) is 35.4 Å². The lowest BCUT2D eigenvalue weighted by atomic mass is 10.1. The molecule has 0 aliphatic carbocycles. The molecular formula is C16H25F2NO. The molecule has 2 N–H and O–H groups in total. The van der Waals surface area contributed by atoms with Crippen molar-refractivity contribution in [1.29, 1.82) is 0 Å².